The van der Waals surface area contributed by atoms with E-state index in [0.29, 0.717) is 54.6 Å². The van der Waals surface area contributed by atoms with E-state index in [0.717, 1.165) is 6.54 Å². The first-order valence-electron chi connectivity index (χ1n) is 10.3. The molecule has 8 heteroatoms. The highest BCUT2D eigenvalue weighted by Gasteiger charge is 2.23. The number of benzene rings is 1. The Bertz CT molecular complexity index is 904. The van der Waals surface area contributed by atoms with Gasteiger partial charge in [-0.3, -0.25) is 9.59 Å². The van der Waals surface area contributed by atoms with E-state index in [2.05, 4.69) is 5.32 Å². The summed E-state index contributed by atoms with van der Waals surface area (Å²) in [6, 6.07) is 8.64. The Kier molecular flexibility index (Phi) is 8.14. The molecule has 1 N–H and O–H groups in total. The normalized spacial score (nSPS) is 14.9. The molecular weight excluding hydrogens is 418 g/mol. The van der Waals surface area contributed by atoms with E-state index >= 15 is 0 Å². The Hall–Kier alpha value is -2.77. The number of likely N-dealkylation sites (N-methyl/N-ethyl adjacent to an activating group) is 1. The van der Waals surface area contributed by atoms with Crippen LogP contribution < -0.4 is 10.1 Å². The Morgan fingerprint density at radius 1 is 1.29 bits per heavy atom. The van der Waals surface area contributed by atoms with Crippen molar-refractivity contribution in [1.29, 1.82) is 0 Å². The number of nitrogens with zero attached hydrogens (tertiary/aromatic N) is 2. The van der Waals surface area contributed by atoms with Gasteiger partial charge in [0.25, 0.3) is 5.91 Å². The summed E-state index contributed by atoms with van der Waals surface area (Å²) in [6.45, 7) is 2.54. The van der Waals surface area contributed by atoms with Crippen LogP contribution in [0.3, 0.4) is 0 Å². The molecule has 0 saturated carbocycles. The number of hydrogen-bond acceptors (Lipinski definition) is 5. The SMILES string of the molecule is CN(C)CCNC(=O)c1ccc(OC2CCN(C(=O)C=Cc3ccco3)CC2)c(Cl)c1. The van der Waals surface area contributed by atoms with E-state index in [1.54, 1.807) is 47.6 Å². The number of amides is 2. The average molecular weight is 446 g/mol. The van der Waals surface area contributed by atoms with Crippen LogP contribution in [0.4, 0.5) is 0 Å². The van der Waals surface area contributed by atoms with Crippen LogP contribution in [0.1, 0.15) is 29.0 Å². The second kappa shape index (κ2) is 11.0. The maximum atomic E-state index is 12.3. The first-order valence-corrected chi connectivity index (χ1v) is 10.7. The Morgan fingerprint density at radius 2 is 2.06 bits per heavy atom. The molecule has 1 aliphatic rings. The predicted molar refractivity (Wildman–Crippen MR) is 120 cm³/mol. The molecular formula is C23H28ClN3O4. The second-order valence-corrected chi connectivity index (χ2v) is 8.10. The quantitative estimate of drug-likeness (QED) is 0.631. The first-order chi connectivity index (χ1) is 14.9. The van der Waals surface area contributed by atoms with Crippen molar-refractivity contribution >= 4 is 29.5 Å². The van der Waals surface area contributed by atoms with Gasteiger partial charge in [0.05, 0.1) is 11.3 Å². The Labute approximate surface area is 187 Å². The molecule has 2 heterocycles. The van der Waals surface area contributed by atoms with Crippen LogP contribution in [-0.2, 0) is 4.79 Å². The van der Waals surface area contributed by atoms with Crippen molar-refractivity contribution in [1.82, 2.24) is 15.1 Å². The molecule has 0 radical (unpaired) electrons. The maximum absolute atomic E-state index is 12.3. The van der Waals surface area contributed by atoms with Gasteiger partial charge >= 0.3 is 0 Å². The van der Waals surface area contributed by atoms with E-state index in [1.807, 2.05) is 19.0 Å². The highest BCUT2D eigenvalue weighted by Crippen LogP contribution is 2.28. The molecule has 0 aliphatic carbocycles. The number of carbonyl (C=O) groups excluding carboxylic acids is 2. The van der Waals surface area contributed by atoms with Crippen molar-refractivity contribution in [2.24, 2.45) is 0 Å². The molecule has 1 aromatic heterocycles. The van der Waals surface area contributed by atoms with Crippen LogP contribution in [0.25, 0.3) is 6.08 Å². The maximum Gasteiger partial charge on any atom is 0.251 e. The van der Waals surface area contributed by atoms with Crippen LogP contribution in [0, 0.1) is 0 Å². The van der Waals surface area contributed by atoms with Crippen LogP contribution in [0.2, 0.25) is 5.02 Å². The lowest BCUT2D eigenvalue weighted by molar-refractivity contribution is -0.127. The highest BCUT2D eigenvalue weighted by molar-refractivity contribution is 6.32. The highest BCUT2D eigenvalue weighted by atomic mass is 35.5. The molecule has 7 nitrogen and oxygen atoms in total. The largest absolute Gasteiger partial charge is 0.489 e. The molecule has 31 heavy (non-hydrogen) atoms. The lowest BCUT2D eigenvalue weighted by Gasteiger charge is -2.31. The number of likely N-dealkylation sites (tertiary alicyclic amines) is 1. The summed E-state index contributed by atoms with van der Waals surface area (Å²) in [4.78, 5) is 28.3. The monoisotopic (exact) mass is 445 g/mol. The molecule has 166 valence electrons. The minimum Gasteiger partial charge on any atom is -0.489 e. The zero-order valence-corrected chi connectivity index (χ0v) is 18.6. The van der Waals surface area contributed by atoms with Gasteiger partial charge in [-0.25, -0.2) is 0 Å². The fraction of sp³-hybridized carbons (Fsp3) is 0.391. The minimum absolute atomic E-state index is 0.0321. The molecule has 0 atom stereocenters. The Morgan fingerprint density at radius 3 is 2.71 bits per heavy atom. The van der Waals surface area contributed by atoms with E-state index < -0.39 is 0 Å². The summed E-state index contributed by atoms with van der Waals surface area (Å²) in [5.74, 6) is 0.993. The van der Waals surface area contributed by atoms with Gasteiger partial charge < -0.3 is 24.3 Å². The average Bonchev–Trinajstić information content (AvgIpc) is 3.27. The molecule has 1 saturated heterocycles. The van der Waals surface area contributed by atoms with Crippen LogP contribution >= 0.6 is 11.6 Å². The number of piperidine rings is 1. The van der Waals surface area contributed by atoms with Crippen molar-refractivity contribution < 1.29 is 18.7 Å². The second-order valence-electron chi connectivity index (χ2n) is 7.70. The number of carbonyl (C=O) groups is 2. The fourth-order valence-electron chi connectivity index (χ4n) is 3.25. The topological polar surface area (TPSA) is 75.0 Å². The summed E-state index contributed by atoms with van der Waals surface area (Å²) in [6.07, 6.45) is 6.16. The van der Waals surface area contributed by atoms with Gasteiger partial charge in [-0.15, -0.1) is 0 Å². The van der Waals surface area contributed by atoms with Gasteiger partial charge in [-0.2, -0.15) is 0 Å². The van der Waals surface area contributed by atoms with Gasteiger partial charge in [-0.05, 0) is 50.5 Å². The summed E-state index contributed by atoms with van der Waals surface area (Å²) in [5.41, 5.74) is 0.500. The summed E-state index contributed by atoms with van der Waals surface area (Å²) < 4.78 is 11.2. The third-order valence-electron chi connectivity index (χ3n) is 5.02. The molecule has 0 spiro atoms. The van der Waals surface area contributed by atoms with Gasteiger partial charge in [-0.1, -0.05) is 11.6 Å². The van der Waals surface area contributed by atoms with E-state index in [9.17, 15) is 9.59 Å². The van der Waals surface area contributed by atoms with Crippen molar-refractivity contribution in [3.8, 4) is 5.75 Å². The van der Waals surface area contributed by atoms with Crippen LogP contribution in [0.15, 0.2) is 47.1 Å². The molecule has 3 rings (SSSR count). The number of rotatable bonds is 8. The van der Waals surface area contributed by atoms with Crippen molar-refractivity contribution in [3.63, 3.8) is 0 Å². The lowest BCUT2D eigenvalue weighted by Crippen LogP contribution is -2.41. The van der Waals surface area contributed by atoms with Crippen molar-refractivity contribution in [3.05, 3.63) is 59.0 Å². The summed E-state index contributed by atoms with van der Waals surface area (Å²) >= 11 is 6.35. The van der Waals surface area contributed by atoms with Crippen LogP contribution in [-0.4, -0.2) is 68.0 Å². The summed E-state index contributed by atoms with van der Waals surface area (Å²) in [5, 5.41) is 3.27. The number of furan rings is 1. The number of nitrogens with one attached hydrogen (secondary N) is 1. The van der Waals surface area contributed by atoms with E-state index in [1.165, 1.54) is 6.08 Å². The minimum atomic E-state index is -0.162. The third kappa shape index (κ3) is 6.87. The number of ether oxygens (including phenoxy) is 1. The van der Waals surface area contributed by atoms with E-state index in [-0.39, 0.29) is 17.9 Å². The van der Waals surface area contributed by atoms with Gasteiger partial charge in [0.15, 0.2) is 0 Å². The van der Waals surface area contributed by atoms with Crippen LogP contribution in [0.5, 0.6) is 5.75 Å². The van der Waals surface area contributed by atoms with Crippen molar-refractivity contribution in [2.45, 2.75) is 18.9 Å². The molecule has 2 amide bonds. The van der Waals surface area contributed by atoms with Gasteiger partial charge in [0, 0.05) is 50.7 Å². The van der Waals surface area contributed by atoms with Gasteiger partial charge in [0.1, 0.15) is 17.6 Å². The molecule has 1 aliphatic heterocycles. The molecule has 0 bridgehead atoms. The standard InChI is InChI=1S/C23H28ClN3O4/c1-26(2)14-11-25-23(29)17-5-7-21(20(24)16-17)31-19-9-12-27(13-10-19)22(28)8-6-18-4-3-15-30-18/h3-8,15-16,19H,9-14H2,1-2H3,(H,25,29). The lowest BCUT2D eigenvalue weighted by atomic mass is 10.1. The zero-order chi connectivity index (χ0) is 22.2. The molecule has 1 fully saturated rings. The fourth-order valence-corrected chi connectivity index (χ4v) is 3.48. The molecule has 2 aromatic rings. The number of hydrogen-bond donors (Lipinski definition) is 1. The molecule has 0 unspecified atom stereocenters. The summed E-state index contributed by atoms with van der Waals surface area (Å²) in [7, 11) is 3.90. The Balaban J connectivity index is 1.47. The number of halogens is 1. The van der Waals surface area contributed by atoms with E-state index in [4.69, 9.17) is 20.8 Å². The van der Waals surface area contributed by atoms with Crippen molar-refractivity contribution in [2.75, 3.05) is 40.3 Å². The first kappa shape index (κ1) is 22.9. The van der Waals surface area contributed by atoms with Gasteiger partial charge in [0.2, 0.25) is 5.91 Å². The third-order valence-corrected chi connectivity index (χ3v) is 5.31. The smallest absolute Gasteiger partial charge is 0.251 e. The zero-order valence-electron chi connectivity index (χ0n) is 17.8. The molecule has 1 aromatic carbocycles. The predicted octanol–water partition coefficient (Wildman–Crippen LogP) is 3.31.